The van der Waals surface area contributed by atoms with Gasteiger partial charge in [0.1, 0.15) is 0 Å². The van der Waals surface area contributed by atoms with Crippen molar-refractivity contribution in [2.45, 2.75) is 11.9 Å². The molecule has 0 saturated carbocycles. The molecule has 1 N–H and O–H groups in total. The maximum atomic E-state index is 13.4. The largest absolute Gasteiger partial charge is 0.416 e. The SMILES string of the molecule is Cn1cc2c3cc(C(=O)N=[S@@](=O)(CCO)Cc4cccnc4)ccc3n(-c3ccc(C(F)(F)F)cc3)c2n1. The lowest BCUT2D eigenvalue weighted by Gasteiger charge is -2.10. The van der Waals surface area contributed by atoms with Crippen LogP contribution in [0.1, 0.15) is 21.5 Å². The number of halogens is 3. The van der Waals surface area contributed by atoms with Gasteiger partial charge < -0.3 is 5.11 Å². The molecule has 0 radical (unpaired) electrons. The number of aliphatic hydroxyl groups excluding tert-OH is 1. The maximum Gasteiger partial charge on any atom is 0.416 e. The second kappa shape index (κ2) is 9.69. The summed E-state index contributed by atoms with van der Waals surface area (Å²) in [5, 5.41) is 15.2. The second-order valence-corrected chi connectivity index (χ2v) is 11.2. The van der Waals surface area contributed by atoms with Crippen molar-refractivity contribution < 1.29 is 27.3 Å². The lowest BCUT2D eigenvalue weighted by atomic mass is 10.1. The lowest BCUT2D eigenvalue weighted by Crippen LogP contribution is -2.15. The molecule has 0 spiro atoms. The van der Waals surface area contributed by atoms with Crippen molar-refractivity contribution in [3.05, 3.63) is 89.9 Å². The summed E-state index contributed by atoms with van der Waals surface area (Å²) >= 11 is 0. The number of aliphatic hydroxyl groups is 1. The quantitative estimate of drug-likeness (QED) is 0.335. The molecule has 0 unspecified atom stereocenters. The van der Waals surface area contributed by atoms with Crippen LogP contribution in [0.25, 0.3) is 27.6 Å². The van der Waals surface area contributed by atoms with Crippen LogP contribution in [0.15, 0.2) is 77.6 Å². The Balaban J connectivity index is 1.59. The minimum absolute atomic E-state index is 0.0352. The van der Waals surface area contributed by atoms with Gasteiger partial charge in [0.05, 0.1) is 38.9 Å². The Morgan fingerprint density at radius 3 is 2.53 bits per heavy atom. The average molecular weight is 542 g/mol. The number of benzene rings is 2. The number of pyridine rings is 1. The number of fused-ring (bicyclic) bond motifs is 3. The van der Waals surface area contributed by atoms with Crippen LogP contribution in [0.3, 0.4) is 0 Å². The Bertz CT molecular complexity index is 1770. The van der Waals surface area contributed by atoms with E-state index in [-0.39, 0.29) is 17.1 Å². The van der Waals surface area contributed by atoms with Gasteiger partial charge in [-0.25, -0.2) is 4.21 Å². The molecule has 0 saturated heterocycles. The summed E-state index contributed by atoms with van der Waals surface area (Å²) in [5.74, 6) is -0.909. The van der Waals surface area contributed by atoms with E-state index in [0.717, 1.165) is 12.1 Å². The van der Waals surface area contributed by atoms with E-state index in [0.29, 0.717) is 33.2 Å². The number of carbonyl (C=O) groups is 1. The minimum Gasteiger partial charge on any atom is -0.395 e. The molecule has 0 aliphatic carbocycles. The fourth-order valence-electron chi connectivity index (χ4n) is 4.33. The van der Waals surface area contributed by atoms with Gasteiger partial charge in [-0.2, -0.15) is 22.6 Å². The predicted octanol–water partition coefficient (Wildman–Crippen LogP) is 4.73. The van der Waals surface area contributed by atoms with Gasteiger partial charge in [0.25, 0.3) is 5.91 Å². The number of nitrogens with zero attached hydrogens (tertiary/aromatic N) is 5. The van der Waals surface area contributed by atoms with Crippen molar-refractivity contribution in [2.24, 2.45) is 11.4 Å². The number of carbonyl (C=O) groups excluding carboxylic acids is 1. The highest BCUT2D eigenvalue weighted by Crippen LogP contribution is 2.34. The highest BCUT2D eigenvalue weighted by atomic mass is 32.2. The molecule has 196 valence electrons. The van der Waals surface area contributed by atoms with Crippen LogP contribution in [0.2, 0.25) is 0 Å². The van der Waals surface area contributed by atoms with Crippen molar-refractivity contribution >= 4 is 37.6 Å². The molecule has 5 aromatic rings. The summed E-state index contributed by atoms with van der Waals surface area (Å²) in [6, 6.07) is 12.9. The van der Waals surface area contributed by atoms with E-state index in [9.17, 15) is 27.3 Å². The van der Waals surface area contributed by atoms with Crippen molar-refractivity contribution in [2.75, 3.05) is 12.4 Å². The molecule has 0 aliphatic heterocycles. The number of hydrogen-bond donors (Lipinski definition) is 1. The zero-order valence-electron chi connectivity index (χ0n) is 20.1. The molecule has 2 aromatic carbocycles. The van der Waals surface area contributed by atoms with Gasteiger partial charge in [-0.15, -0.1) is 0 Å². The molecule has 8 nitrogen and oxygen atoms in total. The monoisotopic (exact) mass is 541 g/mol. The molecule has 3 aromatic heterocycles. The number of rotatable bonds is 6. The van der Waals surface area contributed by atoms with E-state index in [1.807, 2.05) is 0 Å². The van der Waals surface area contributed by atoms with Crippen LogP contribution in [0.4, 0.5) is 13.2 Å². The molecule has 5 rings (SSSR count). The average Bonchev–Trinajstić information content (AvgIpc) is 3.38. The standard InChI is InChI=1S/C26H22F3N5O3S/c1-33-15-22-21-13-18(25(36)32-38(37,12-11-35)16-17-3-2-10-30-14-17)4-9-23(21)34(24(22)31-33)20-7-5-19(6-8-20)26(27,28)29/h2-10,13-15,35H,11-12,16H2,1H3/t38-/m1/s1. The fraction of sp³-hybridized carbons (Fsp3) is 0.192. The summed E-state index contributed by atoms with van der Waals surface area (Å²) in [5.41, 5.74) is 1.66. The second-order valence-electron chi connectivity index (χ2n) is 8.75. The van der Waals surface area contributed by atoms with E-state index >= 15 is 0 Å². The number of amides is 1. The van der Waals surface area contributed by atoms with Crippen LogP contribution in [-0.4, -0.2) is 46.9 Å². The fourth-order valence-corrected chi connectivity index (χ4v) is 6.01. The molecule has 3 heterocycles. The van der Waals surface area contributed by atoms with E-state index in [4.69, 9.17) is 0 Å². The Hall–Kier alpha value is -4.03. The third-order valence-electron chi connectivity index (χ3n) is 6.02. The lowest BCUT2D eigenvalue weighted by molar-refractivity contribution is -0.137. The molecular formula is C26H22F3N5O3S. The van der Waals surface area contributed by atoms with Crippen LogP contribution < -0.4 is 0 Å². The molecule has 1 amide bonds. The number of aromatic nitrogens is 4. The summed E-state index contributed by atoms with van der Waals surface area (Å²) in [4.78, 5) is 17.1. The third kappa shape index (κ3) is 4.92. The van der Waals surface area contributed by atoms with Gasteiger partial charge in [-0.1, -0.05) is 6.07 Å². The van der Waals surface area contributed by atoms with Gasteiger partial charge in [0.15, 0.2) is 5.65 Å². The van der Waals surface area contributed by atoms with Crippen LogP contribution in [0, 0.1) is 0 Å². The van der Waals surface area contributed by atoms with E-state index < -0.39 is 34.0 Å². The van der Waals surface area contributed by atoms with Crippen molar-refractivity contribution in [1.82, 2.24) is 19.3 Å². The minimum atomic E-state index is -4.46. The summed E-state index contributed by atoms with van der Waals surface area (Å²) in [7, 11) is -1.40. The third-order valence-corrected chi connectivity index (χ3v) is 8.13. The summed E-state index contributed by atoms with van der Waals surface area (Å²) in [6.45, 7) is -0.402. The Morgan fingerprint density at radius 2 is 1.87 bits per heavy atom. The molecule has 0 fully saturated rings. The first-order valence-electron chi connectivity index (χ1n) is 11.5. The topological polar surface area (TPSA) is 102 Å². The van der Waals surface area contributed by atoms with E-state index in [2.05, 4.69) is 14.4 Å². The summed E-state index contributed by atoms with van der Waals surface area (Å²) < 4.78 is 60.0. The van der Waals surface area contributed by atoms with Gasteiger partial charge in [-0.05, 0) is 54.1 Å². The first-order chi connectivity index (χ1) is 18.1. The maximum absolute atomic E-state index is 13.4. The molecule has 0 aliphatic rings. The zero-order valence-corrected chi connectivity index (χ0v) is 20.9. The molecule has 0 bridgehead atoms. The molecule has 1 atom stereocenters. The van der Waals surface area contributed by atoms with Gasteiger partial charge in [-0.3, -0.25) is 19.0 Å². The Labute approximate surface area is 215 Å². The first-order valence-corrected chi connectivity index (χ1v) is 13.4. The van der Waals surface area contributed by atoms with Gasteiger partial charge in [0, 0.05) is 47.7 Å². The van der Waals surface area contributed by atoms with E-state index in [1.54, 1.807) is 53.0 Å². The smallest absolute Gasteiger partial charge is 0.395 e. The van der Waals surface area contributed by atoms with Crippen LogP contribution >= 0.6 is 0 Å². The molecule has 12 heteroatoms. The van der Waals surface area contributed by atoms with Crippen molar-refractivity contribution in [3.8, 4) is 5.69 Å². The number of hydrogen-bond acceptors (Lipinski definition) is 5. The molecular weight excluding hydrogens is 519 g/mol. The summed E-state index contributed by atoms with van der Waals surface area (Å²) in [6.07, 6.45) is 0.403. The van der Waals surface area contributed by atoms with Crippen molar-refractivity contribution in [3.63, 3.8) is 0 Å². The van der Waals surface area contributed by atoms with Gasteiger partial charge in [0.2, 0.25) is 0 Å². The Morgan fingerprint density at radius 1 is 1.11 bits per heavy atom. The number of aryl methyl sites for hydroxylation is 1. The zero-order chi connectivity index (χ0) is 27.1. The highest BCUT2D eigenvalue weighted by Gasteiger charge is 2.30. The predicted molar refractivity (Wildman–Crippen MR) is 137 cm³/mol. The van der Waals surface area contributed by atoms with E-state index in [1.165, 1.54) is 24.4 Å². The molecule has 38 heavy (non-hydrogen) atoms. The Kier molecular flexibility index (Phi) is 6.53. The number of alkyl halides is 3. The van der Waals surface area contributed by atoms with Crippen molar-refractivity contribution in [1.29, 1.82) is 0 Å². The van der Waals surface area contributed by atoms with Crippen LogP contribution in [-0.2, 0) is 28.7 Å². The van der Waals surface area contributed by atoms with Crippen LogP contribution in [0.5, 0.6) is 0 Å². The normalized spacial score (nSPS) is 13.6. The first kappa shape index (κ1) is 25.6. The van der Waals surface area contributed by atoms with Gasteiger partial charge >= 0.3 is 6.18 Å². The highest BCUT2D eigenvalue weighted by molar-refractivity contribution is 7.93.